The van der Waals surface area contributed by atoms with Crippen molar-refractivity contribution in [2.75, 3.05) is 5.73 Å². The van der Waals surface area contributed by atoms with Gasteiger partial charge in [-0.15, -0.1) is 0 Å². The maximum absolute atomic E-state index is 12.3. The lowest BCUT2D eigenvalue weighted by molar-refractivity contribution is 0.0943. The molecule has 0 radical (unpaired) electrons. The first kappa shape index (κ1) is 11.8. The Hall–Kier alpha value is -1.03. The van der Waals surface area contributed by atoms with Gasteiger partial charge in [0.25, 0.3) is 5.91 Å². The summed E-state index contributed by atoms with van der Waals surface area (Å²) in [5.41, 5.74) is 7.04. The normalized spacial score (nSPS) is 38.1. The van der Waals surface area contributed by atoms with Crippen LogP contribution < -0.4 is 11.1 Å². The van der Waals surface area contributed by atoms with E-state index in [1.807, 2.05) is 6.07 Å². The Kier molecular flexibility index (Phi) is 2.47. The maximum Gasteiger partial charge on any atom is 0.252 e. The quantitative estimate of drug-likeness (QED) is 0.823. The van der Waals surface area contributed by atoms with E-state index in [4.69, 9.17) is 5.73 Å². The fourth-order valence-corrected chi connectivity index (χ4v) is 4.89. The number of nitrogen functional groups attached to an aromatic ring is 1. The van der Waals surface area contributed by atoms with Crippen molar-refractivity contribution in [1.82, 2.24) is 5.32 Å². The summed E-state index contributed by atoms with van der Waals surface area (Å²) in [6, 6.07) is 5.80. The number of carbonyl (C=O) groups is 1. The minimum absolute atomic E-state index is 0.0120. The van der Waals surface area contributed by atoms with Gasteiger partial charge in [0.2, 0.25) is 0 Å². The summed E-state index contributed by atoms with van der Waals surface area (Å²) in [7, 11) is 0. The van der Waals surface area contributed by atoms with Crippen molar-refractivity contribution >= 4 is 27.5 Å². The second-order valence-corrected chi connectivity index (χ2v) is 7.08. The molecule has 1 aromatic carbocycles. The van der Waals surface area contributed by atoms with E-state index in [1.165, 1.54) is 19.3 Å². The molecule has 3 aliphatic rings. The number of anilines is 1. The predicted octanol–water partition coefficient (Wildman–Crippen LogP) is 2.81. The van der Waals surface area contributed by atoms with Crippen LogP contribution in [-0.4, -0.2) is 11.9 Å². The predicted molar refractivity (Wildman–Crippen MR) is 77.6 cm³/mol. The van der Waals surface area contributed by atoms with Crippen molar-refractivity contribution < 1.29 is 4.79 Å². The van der Waals surface area contributed by atoms with Gasteiger partial charge in [0, 0.05) is 16.2 Å². The van der Waals surface area contributed by atoms with Gasteiger partial charge in [-0.1, -0.05) is 0 Å². The molecule has 3 aliphatic carbocycles. The van der Waals surface area contributed by atoms with Gasteiger partial charge in [0.1, 0.15) is 0 Å². The third-order valence-electron chi connectivity index (χ3n) is 5.27. The number of halogens is 1. The van der Waals surface area contributed by atoms with Crippen molar-refractivity contribution in [2.24, 2.45) is 23.7 Å². The highest BCUT2D eigenvalue weighted by molar-refractivity contribution is 9.10. The topological polar surface area (TPSA) is 55.1 Å². The standard InChI is InChI=1S/C15H17BrN2O/c16-11-4-3-9(17)6-10(11)15(19)18-14-12-7-1-2-8(5-7)13(12)14/h3-4,6-8,12-14H,1-2,5,17H2,(H,18,19). The first-order chi connectivity index (χ1) is 9.15. The monoisotopic (exact) mass is 320 g/mol. The molecule has 1 amide bonds. The molecule has 4 unspecified atom stereocenters. The molecular weight excluding hydrogens is 304 g/mol. The van der Waals surface area contributed by atoms with Gasteiger partial charge in [-0.2, -0.15) is 0 Å². The zero-order valence-corrected chi connectivity index (χ0v) is 12.2. The van der Waals surface area contributed by atoms with Crippen LogP contribution >= 0.6 is 15.9 Å². The van der Waals surface area contributed by atoms with E-state index >= 15 is 0 Å². The minimum atomic E-state index is 0.0120. The van der Waals surface area contributed by atoms with Crippen LogP contribution in [0, 0.1) is 23.7 Å². The van der Waals surface area contributed by atoms with Crippen molar-refractivity contribution in [2.45, 2.75) is 25.3 Å². The summed E-state index contributed by atoms with van der Waals surface area (Å²) < 4.78 is 0.813. The molecular formula is C15H17BrN2O. The molecule has 0 spiro atoms. The number of carbonyl (C=O) groups excluding carboxylic acids is 1. The summed E-state index contributed by atoms with van der Waals surface area (Å²) in [6.07, 6.45) is 4.16. The van der Waals surface area contributed by atoms with E-state index in [1.54, 1.807) is 12.1 Å². The number of hydrogen-bond acceptors (Lipinski definition) is 2. The highest BCUT2D eigenvalue weighted by atomic mass is 79.9. The van der Waals surface area contributed by atoms with Gasteiger partial charge >= 0.3 is 0 Å². The highest BCUT2D eigenvalue weighted by Gasteiger charge is 2.65. The van der Waals surface area contributed by atoms with Crippen LogP contribution in [0.1, 0.15) is 29.6 Å². The Morgan fingerprint density at radius 2 is 1.95 bits per heavy atom. The lowest BCUT2D eigenvalue weighted by atomic mass is 10.0. The Labute approximate surface area is 121 Å². The molecule has 3 fully saturated rings. The summed E-state index contributed by atoms with van der Waals surface area (Å²) in [4.78, 5) is 12.3. The third kappa shape index (κ3) is 1.72. The van der Waals surface area contributed by atoms with Gasteiger partial charge in [-0.05, 0) is 77.1 Å². The zero-order chi connectivity index (χ0) is 13.1. The SMILES string of the molecule is Nc1ccc(Br)c(C(=O)NC2C3C4CCC(C4)C23)c1. The van der Waals surface area contributed by atoms with Gasteiger partial charge in [0.15, 0.2) is 0 Å². The number of fused-ring (bicyclic) bond motifs is 5. The molecule has 1 aromatic rings. The molecule has 3 saturated carbocycles. The van der Waals surface area contributed by atoms with Gasteiger partial charge in [0.05, 0.1) is 5.56 Å². The fraction of sp³-hybridized carbons (Fsp3) is 0.533. The van der Waals surface area contributed by atoms with E-state index in [2.05, 4.69) is 21.2 Å². The Morgan fingerprint density at radius 3 is 2.63 bits per heavy atom. The molecule has 0 saturated heterocycles. The minimum Gasteiger partial charge on any atom is -0.399 e. The van der Waals surface area contributed by atoms with Gasteiger partial charge in [-0.25, -0.2) is 0 Å². The summed E-state index contributed by atoms with van der Waals surface area (Å²) >= 11 is 3.42. The first-order valence-corrected chi connectivity index (χ1v) is 7.80. The molecule has 2 bridgehead atoms. The average Bonchev–Trinajstić information content (AvgIpc) is 2.80. The molecule has 0 aromatic heterocycles. The fourth-order valence-electron chi connectivity index (χ4n) is 4.46. The van der Waals surface area contributed by atoms with E-state index in [0.717, 1.165) is 28.1 Å². The highest BCUT2D eigenvalue weighted by Crippen LogP contribution is 2.65. The van der Waals surface area contributed by atoms with Crippen molar-refractivity contribution in [3.05, 3.63) is 28.2 Å². The largest absolute Gasteiger partial charge is 0.399 e. The number of nitrogens with two attached hydrogens (primary N) is 1. The lowest BCUT2D eigenvalue weighted by Gasteiger charge is -2.11. The Balaban J connectivity index is 1.50. The van der Waals surface area contributed by atoms with Crippen LogP contribution in [0.3, 0.4) is 0 Å². The summed E-state index contributed by atoms with van der Waals surface area (Å²) in [6.45, 7) is 0. The molecule has 3 N–H and O–H groups in total. The van der Waals surface area contributed by atoms with Crippen LogP contribution in [0.5, 0.6) is 0 Å². The number of rotatable bonds is 2. The number of nitrogens with one attached hydrogen (secondary N) is 1. The lowest BCUT2D eigenvalue weighted by Crippen LogP contribution is -2.30. The van der Waals surface area contributed by atoms with Crippen LogP contribution in [0.25, 0.3) is 0 Å². The molecule has 0 heterocycles. The molecule has 3 nitrogen and oxygen atoms in total. The summed E-state index contributed by atoms with van der Waals surface area (Å²) in [5.74, 6) is 3.30. The smallest absolute Gasteiger partial charge is 0.252 e. The molecule has 100 valence electrons. The second-order valence-electron chi connectivity index (χ2n) is 6.23. The van der Waals surface area contributed by atoms with E-state index in [-0.39, 0.29) is 5.91 Å². The van der Waals surface area contributed by atoms with Gasteiger partial charge in [-0.3, -0.25) is 4.79 Å². The van der Waals surface area contributed by atoms with Crippen LogP contribution in [-0.2, 0) is 0 Å². The van der Waals surface area contributed by atoms with Crippen LogP contribution in [0.2, 0.25) is 0 Å². The van der Waals surface area contributed by atoms with Gasteiger partial charge < -0.3 is 11.1 Å². The molecule has 19 heavy (non-hydrogen) atoms. The number of hydrogen-bond donors (Lipinski definition) is 2. The first-order valence-electron chi connectivity index (χ1n) is 7.01. The van der Waals surface area contributed by atoms with Crippen LogP contribution in [0.4, 0.5) is 5.69 Å². The van der Waals surface area contributed by atoms with E-state index in [0.29, 0.717) is 17.3 Å². The van der Waals surface area contributed by atoms with Crippen LogP contribution in [0.15, 0.2) is 22.7 Å². The van der Waals surface area contributed by atoms with Crippen molar-refractivity contribution in [3.8, 4) is 0 Å². The van der Waals surface area contributed by atoms with Crippen molar-refractivity contribution in [1.29, 1.82) is 0 Å². The Morgan fingerprint density at radius 1 is 1.26 bits per heavy atom. The van der Waals surface area contributed by atoms with Crippen molar-refractivity contribution in [3.63, 3.8) is 0 Å². The maximum atomic E-state index is 12.3. The molecule has 4 heteroatoms. The second kappa shape index (κ2) is 3.98. The van der Waals surface area contributed by atoms with E-state index in [9.17, 15) is 4.79 Å². The number of benzene rings is 1. The van der Waals surface area contributed by atoms with E-state index < -0.39 is 0 Å². The molecule has 4 atom stereocenters. The summed E-state index contributed by atoms with van der Waals surface area (Å²) in [5, 5.41) is 3.22. The molecule has 0 aliphatic heterocycles. The zero-order valence-electron chi connectivity index (χ0n) is 10.6. The molecule has 4 rings (SSSR count). The number of amides is 1. The average molecular weight is 321 g/mol. The Bertz CT molecular complexity index is 543. The third-order valence-corrected chi connectivity index (χ3v) is 5.96.